The molecular formula is C16H27N. The van der Waals surface area contributed by atoms with Crippen molar-refractivity contribution in [2.24, 2.45) is 11.7 Å². The highest BCUT2D eigenvalue weighted by molar-refractivity contribution is 5.26. The number of aryl methyl sites for hydroxylation is 1. The van der Waals surface area contributed by atoms with E-state index in [0.717, 1.165) is 6.42 Å². The first-order valence-corrected chi connectivity index (χ1v) is 6.99. The van der Waals surface area contributed by atoms with Crippen LogP contribution in [-0.2, 0) is 6.42 Å². The van der Waals surface area contributed by atoms with Gasteiger partial charge in [0.25, 0.3) is 0 Å². The Bertz CT molecular complexity index is 313. The molecule has 0 aliphatic rings. The van der Waals surface area contributed by atoms with Gasteiger partial charge in [-0.3, -0.25) is 0 Å². The number of hydrogen-bond donors (Lipinski definition) is 1. The summed E-state index contributed by atoms with van der Waals surface area (Å²) in [5.41, 5.74) is 9.18. The Labute approximate surface area is 106 Å². The molecule has 0 saturated heterocycles. The summed E-state index contributed by atoms with van der Waals surface area (Å²) in [6, 6.07) is 8.92. The number of nitrogens with two attached hydrogens (primary N) is 1. The van der Waals surface area contributed by atoms with Crippen LogP contribution in [0.25, 0.3) is 0 Å². The predicted octanol–water partition coefficient (Wildman–Crippen LogP) is 4.08. The third-order valence-corrected chi connectivity index (χ3v) is 3.64. The van der Waals surface area contributed by atoms with Crippen LogP contribution in [0.3, 0.4) is 0 Å². The Balaban J connectivity index is 2.62. The third kappa shape index (κ3) is 4.51. The fourth-order valence-electron chi connectivity index (χ4n) is 2.57. The lowest BCUT2D eigenvalue weighted by Crippen LogP contribution is -2.32. The van der Waals surface area contributed by atoms with E-state index in [9.17, 15) is 0 Å². The van der Waals surface area contributed by atoms with E-state index in [1.807, 2.05) is 0 Å². The van der Waals surface area contributed by atoms with Crippen molar-refractivity contribution in [1.29, 1.82) is 0 Å². The van der Waals surface area contributed by atoms with Crippen LogP contribution in [0.4, 0.5) is 0 Å². The Kier molecular flexibility index (Phi) is 6.28. The molecule has 96 valence electrons. The number of hydrogen-bond acceptors (Lipinski definition) is 1. The summed E-state index contributed by atoms with van der Waals surface area (Å²) in [7, 11) is 0. The monoisotopic (exact) mass is 233 g/mol. The van der Waals surface area contributed by atoms with E-state index in [-0.39, 0.29) is 0 Å². The molecule has 0 aliphatic heterocycles. The van der Waals surface area contributed by atoms with Crippen molar-refractivity contribution in [3.63, 3.8) is 0 Å². The van der Waals surface area contributed by atoms with Gasteiger partial charge in [-0.05, 0) is 43.2 Å². The number of rotatable bonds is 7. The van der Waals surface area contributed by atoms with Crippen molar-refractivity contribution >= 4 is 0 Å². The molecule has 1 rings (SSSR count). The van der Waals surface area contributed by atoms with E-state index in [1.165, 1.54) is 36.8 Å². The summed E-state index contributed by atoms with van der Waals surface area (Å²) < 4.78 is 0. The minimum Gasteiger partial charge on any atom is -0.327 e. The normalized spacial score (nSPS) is 13.0. The number of benzene rings is 1. The molecule has 1 nitrogen and oxygen atoms in total. The van der Waals surface area contributed by atoms with Crippen molar-refractivity contribution in [2.45, 2.75) is 58.9 Å². The molecule has 17 heavy (non-hydrogen) atoms. The highest BCUT2D eigenvalue weighted by Gasteiger charge is 2.17. The summed E-state index contributed by atoms with van der Waals surface area (Å²) in [6.07, 6.45) is 6.04. The molecule has 0 heterocycles. The van der Waals surface area contributed by atoms with Crippen LogP contribution in [0.5, 0.6) is 0 Å². The van der Waals surface area contributed by atoms with E-state index in [2.05, 4.69) is 45.0 Å². The van der Waals surface area contributed by atoms with E-state index in [0.29, 0.717) is 12.0 Å². The molecule has 1 aromatic carbocycles. The molecule has 0 amide bonds. The second-order valence-electron chi connectivity index (χ2n) is 5.13. The Morgan fingerprint density at radius 2 is 1.65 bits per heavy atom. The quantitative estimate of drug-likeness (QED) is 0.754. The second-order valence-corrected chi connectivity index (χ2v) is 5.13. The van der Waals surface area contributed by atoms with Gasteiger partial charge in [-0.25, -0.2) is 0 Å². The zero-order valence-electron chi connectivity index (χ0n) is 11.6. The fraction of sp³-hybridized carbons (Fsp3) is 0.625. The van der Waals surface area contributed by atoms with Gasteiger partial charge in [0.15, 0.2) is 0 Å². The van der Waals surface area contributed by atoms with E-state index in [1.54, 1.807) is 0 Å². The van der Waals surface area contributed by atoms with Crippen LogP contribution in [0, 0.1) is 12.8 Å². The second kappa shape index (κ2) is 7.50. The van der Waals surface area contributed by atoms with Crippen molar-refractivity contribution < 1.29 is 0 Å². The first kappa shape index (κ1) is 14.2. The van der Waals surface area contributed by atoms with Gasteiger partial charge in [0.05, 0.1) is 0 Å². The lowest BCUT2D eigenvalue weighted by atomic mass is 9.86. The van der Waals surface area contributed by atoms with E-state index >= 15 is 0 Å². The molecule has 0 radical (unpaired) electrons. The van der Waals surface area contributed by atoms with Crippen LogP contribution in [0.2, 0.25) is 0 Å². The summed E-state index contributed by atoms with van der Waals surface area (Å²) >= 11 is 0. The average molecular weight is 233 g/mol. The van der Waals surface area contributed by atoms with Gasteiger partial charge in [0, 0.05) is 6.04 Å². The van der Waals surface area contributed by atoms with Crippen molar-refractivity contribution in [2.75, 3.05) is 0 Å². The summed E-state index contributed by atoms with van der Waals surface area (Å²) in [5, 5.41) is 0. The van der Waals surface area contributed by atoms with Gasteiger partial charge in [-0.15, -0.1) is 0 Å². The van der Waals surface area contributed by atoms with Gasteiger partial charge < -0.3 is 5.73 Å². The van der Waals surface area contributed by atoms with Crippen LogP contribution in [-0.4, -0.2) is 6.04 Å². The largest absolute Gasteiger partial charge is 0.327 e. The maximum atomic E-state index is 6.39. The lowest BCUT2D eigenvalue weighted by Gasteiger charge is -2.23. The molecule has 0 aromatic heterocycles. The predicted molar refractivity (Wildman–Crippen MR) is 76.2 cm³/mol. The third-order valence-electron chi connectivity index (χ3n) is 3.64. The standard InChI is InChI=1S/C16H27N/c1-4-8-14(9-5-2)16(17)12-15-11-7-6-10-13(15)3/h6-7,10-11,14,16H,4-5,8-9,12,17H2,1-3H3. The Morgan fingerprint density at radius 3 is 2.18 bits per heavy atom. The van der Waals surface area contributed by atoms with Gasteiger partial charge in [-0.1, -0.05) is 51.0 Å². The highest BCUT2D eigenvalue weighted by Crippen LogP contribution is 2.20. The molecule has 0 saturated carbocycles. The Morgan fingerprint density at radius 1 is 1.06 bits per heavy atom. The molecule has 1 heteroatoms. The van der Waals surface area contributed by atoms with Gasteiger partial charge in [-0.2, -0.15) is 0 Å². The molecule has 0 bridgehead atoms. The van der Waals surface area contributed by atoms with Gasteiger partial charge in [0.1, 0.15) is 0 Å². The maximum Gasteiger partial charge on any atom is 0.0108 e. The minimum absolute atomic E-state index is 0.316. The lowest BCUT2D eigenvalue weighted by molar-refractivity contribution is 0.359. The molecule has 0 aliphatic carbocycles. The molecule has 0 fully saturated rings. The first-order chi connectivity index (χ1) is 8.19. The van der Waals surface area contributed by atoms with Crippen molar-refractivity contribution in [1.82, 2.24) is 0 Å². The SMILES string of the molecule is CCCC(CCC)C(N)Cc1ccccc1C. The van der Waals surface area contributed by atoms with Crippen LogP contribution in [0.15, 0.2) is 24.3 Å². The zero-order valence-corrected chi connectivity index (χ0v) is 11.6. The first-order valence-electron chi connectivity index (χ1n) is 6.99. The van der Waals surface area contributed by atoms with E-state index in [4.69, 9.17) is 5.73 Å². The summed E-state index contributed by atoms with van der Waals surface area (Å²) in [4.78, 5) is 0. The summed E-state index contributed by atoms with van der Waals surface area (Å²) in [6.45, 7) is 6.68. The minimum atomic E-state index is 0.316. The molecule has 2 N–H and O–H groups in total. The maximum absolute atomic E-state index is 6.39. The fourth-order valence-corrected chi connectivity index (χ4v) is 2.57. The van der Waals surface area contributed by atoms with Crippen LogP contribution in [0.1, 0.15) is 50.7 Å². The highest BCUT2D eigenvalue weighted by atomic mass is 14.6. The van der Waals surface area contributed by atoms with Crippen molar-refractivity contribution in [3.8, 4) is 0 Å². The summed E-state index contributed by atoms with van der Waals surface area (Å²) in [5.74, 6) is 0.685. The van der Waals surface area contributed by atoms with Crippen molar-refractivity contribution in [3.05, 3.63) is 35.4 Å². The molecule has 0 spiro atoms. The zero-order chi connectivity index (χ0) is 12.7. The topological polar surface area (TPSA) is 26.0 Å². The van der Waals surface area contributed by atoms with Gasteiger partial charge >= 0.3 is 0 Å². The van der Waals surface area contributed by atoms with Crippen LogP contribution < -0.4 is 5.73 Å². The smallest absolute Gasteiger partial charge is 0.0108 e. The van der Waals surface area contributed by atoms with Gasteiger partial charge in [0.2, 0.25) is 0 Å². The molecule has 1 aromatic rings. The average Bonchev–Trinajstić information content (AvgIpc) is 2.32. The molecule has 1 unspecified atom stereocenters. The molecular weight excluding hydrogens is 206 g/mol. The Hall–Kier alpha value is -0.820. The molecule has 1 atom stereocenters. The van der Waals surface area contributed by atoms with Crippen LogP contribution >= 0.6 is 0 Å². The van der Waals surface area contributed by atoms with E-state index < -0.39 is 0 Å².